The topological polar surface area (TPSA) is 79.8 Å². The normalized spacial score (nSPS) is 15.2. The first kappa shape index (κ1) is 22.0. The maximum atomic E-state index is 13.3. The number of nitro benzene ring substituents is 1. The Morgan fingerprint density at radius 3 is 2.56 bits per heavy atom. The van der Waals surface area contributed by atoms with Gasteiger partial charge in [0.1, 0.15) is 11.5 Å². The Bertz CT molecular complexity index is 1110. The molecule has 1 unspecified atom stereocenters. The summed E-state index contributed by atoms with van der Waals surface area (Å²) in [5.74, 6) is 0.609. The molecule has 0 amide bonds. The number of aliphatic hydroxyl groups excluding tert-OH is 1. The van der Waals surface area contributed by atoms with E-state index in [-0.39, 0.29) is 29.6 Å². The average Bonchev–Trinajstić information content (AvgIpc) is 3.51. The summed E-state index contributed by atoms with van der Waals surface area (Å²) < 4.78 is 45.7. The Morgan fingerprint density at radius 2 is 1.88 bits per heavy atom. The number of hydrogen-bond donors (Lipinski definition) is 1. The molecule has 4 rings (SSSR count). The minimum Gasteiger partial charge on any atom is -0.460 e. The fraction of sp³-hybridized carbons (Fsp3) is 0.304. The molecule has 3 aromatic rings. The molecule has 1 heterocycles. The van der Waals surface area contributed by atoms with Crippen LogP contribution < -0.4 is 0 Å². The monoisotopic (exact) mass is 446 g/mol. The summed E-state index contributed by atoms with van der Waals surface area (Å²) in [4.78, 5) is 12.5. The van der Waals surface area contributed by atoms with E-state index in [1.54, 1.807) is 12.1 Å². The molecule has 2 aromatic carbocycles. The van der Waals surface area contributed by atoms with Gasteiger partial charge in [0.25, 0.3) is 5.69 Å². The second-order valence-corrected chi connectivity index (χ2v) is 7.84. The van der Waals surface area contributed by atoms with Crippen molar-refractivity contribution in [2.45, 2.75) is 37.7 Å². The van der Waals surface area contributed by atoms with E-state index in [1.807, 2.05) is 4.90 Å². The molecule has 0 radical (unpaired) electrons. The highest BCUT2D eigenvalue weighted by atomic mass is 19.4. The molecule has 1 fully saturated rings. The lowest BCUT2D eigenvalue weighted by molar-refractivity contribution is -0.385. The molecule has 1 saturated carbocycles. The van der Waals surface area contributed by atoms with Crippen LogP contribution in [0, 0.1) is 10.1 Å². The van der Waals surface area contributed by atoms with Crippen LogP contribution in [0.15, 0.2) is 65.1 Å². The van der Waals surface area contributed by atoms with E-state index in [2.05, 4.69) is 0 Å². The molecule has 1 aliphatic rings. The van der Waals surface area contributed by atoms with Gasteiger partial charge in [-0.1, -0.05) is 30.3 Å². The number of alkyl halides is 3. The molecule has 32 heavy (non-hydrogen) atoms. The first-order chi connectivity index (χ1) is 15.2. The molecule has 0 aliphatic heterocycles. The van der Waals surface area contributed by atoms with Gasteiger partial charge < -0.3 is 9.52 Å². The number of hydrogen-bond acceptors (Lipinski definition) is 5. The van der Waals surface area contributed by atoms with Crippen LogP contribution in [0.1, 0.15) is 35.8 Å². The summed E-state index contributed by atoms with van der Waals surface area (Å²) in [6.45, 7) is 0.534. The molecular weight excluding hydrogens is 425 g/mol. The van der Waals surface area contributed by atoms with Crippen LogP contribution in [-0.4, -0.2) is 27.5 Å². The summed E-state index contributed by atoms with van der Waals surface area (Å²) in [6.07, 6.45) is -3.57. The van der Waals surface area contributed by atoms with Crippen molar-refractivity contribution in [3.63, 3.8) is 0 Å². The predicted molar refractivity (Wildman–Crippen MR) is 111 cm³/mol. The highest BCUT2D eigenvalue weighted by Gasteiger charge is 2.35. The number of halogens is 3. The quantitative estimate of drug-likeness (QED) is 0.361. The minimum absolute atomic E-state index is 0.0270. The molecule has 0 bridgehead atoms. The van der Waals surface area contributed by atoms with Crippen molar-refractivity contribution in [2.24, 2.45) is 0 Å². The number of non-ortho nitro benzene ring substituents is 1. The second kappa shape index (κ2) is 8.76. The van der Waals surface area contributed by atoms with E-state index in [9.17, 15) is 28.4 Å². The van der Waals surface area contributed by atoms with Crippen molar-refractivity contribution in [1.29, 1.82) is 0 Å². The highest BCUT2D eigenvalue weighted by Crippen LogP contribution is 2.38. The zero-order valence-corrected chi connectivity index (χ0v) is 17.0. The van der Waals surface area contributed by atoms with Crippen LogP contribution in [0.5, 0.6) is 0 Å². The first-order valence-electron chi connectivity index (χ1n) is 10.1. The Kier molecular flexibility index (Phi) is 6.03. The van der Waals surface area contributed by atoms with Crippen molar-refractivity contribution in [2.75, 3.05) is 6.54 Å². The van der Waals surface area contributed by atoms with Crippen molar-refractivity contribution in [1.82, 2.24) is 4.90 Å². The standard InChI is InChI=1S/C23H21F3N2O4/c24-23(25,26)20-7-2-1-6-19(20)22-11-10-18(32-22)13-27(16-8-9-16)14-21(29)15-4-3-5-17(12-15)28(30)31/h1-7,10-12,16,21,29H,8-9,13-14H2. The molecule has 6 nitrogen and oxygen atoms in total. The summed E-state index contributed by atoms with van der Waals surface area (Å²) in [5, 5.41) is 21.6. The summed E-state index contributed by atoms with van der Waals surface area (Å²) in [6, 6.07) is 14.5. The predicted octanol–water partition coefficient (Wildman–Crippen LogP) is 5.57. The Labute approximate surface area is 182 Å². The molecule has 1 aromatic heterocycles. The molecule has 168 valence electrons. The van der Waals surface area contributed by atoms with E-state index in [0.29, 0.717) is 17.9 Å². The number of nitro groups is 1. The van der Waals surface area contributed by atoms with Gasteiger partial charge >= 0.3 is 6.18 Å². The average molecular weight is 446 g/mol. The first-order valence-corrected chi connectivity index (χ1v) is 10.1. The SMILES string of the molecule is O=[N+]([O-])c1cccc(C(O)CN(Cc2ccc(-c3ccccc3C(F)(F)F)o2)C2CC2)c1. The summed E-state index contributed by atoms with van der Waals surface area (Å²) >= 11 is 0. The molecule has 1 N–H and O–H groups in total. The van der Waals surface area contributed by atoms with Crippen LogP contribution in [0.3, 0.4) is 0 Å². The number of benzene rings is 2. The summed E-state index contributed by atoms with van der Waals surface area (Å²) in [5.41, 5.74) is -0.454. The van der Waals surface area contributed by atoms with Gasteiger partial charge in [-0.15, -0.1) is 0 Å². The van der Waals surface area contributed by atoms with Crippen LogP contribution in [0.4, 0.5) is 18.9 Å². The van der Waals surface area contributed by atoms with Gasteiger partial charge in [-0.2, -0.15) is 13.2 Å². The highest BCUT2D eigenvalue weighted by molar-refractivity contribution is 5.63. The Morgan fingerprint density at radius 1 is 1.12 bits per heavy atom. The van der Waals surface area contributed by atoms with Crippen LogP contribution in [-0.2, 0) is 12.7 Å². The number of rotatable bonds is 8. The minimum atomic E-state index is -4.49. The molecule has 1 aliphatic carbocycles. The van der Waals surface area contributed by atoms with Gasteiger partial charge in [0.05, 0.1) is 23.1 Å². The third-order valence-electron chi connectivity index (χ3n) is 5.46. The van der Waals surface area contributed by atoms with Gasteiger partial charge in [-0.05, 0) is 36.6 Å². The van der Waals surface area contributed by atoms with E-state index in [1.165, 1.54) is 42.5 Å². The van der Waals surface area contributed by atoms with Crippen molar-refractivity contribution >= 4 is 5.69 Å². The molecule has 9 heteroatoms. The maximum absolute atomic E-state index is 13.3. The fourth-order valence-electron chi connectivity index (χ4n) is 3.71. The van der Waals surface area contributed by atoms with Crippen LogP contribution in [0.25, 0.3) is 11.3 Å². The lowest BCUT2D eigenvalue weighted by atomic mass is 10.1. The molecule has 1 atom stereocenters. The summed E-state index contributed by atoms with van der Waals surface area (Å²) in [7, 11) is 0. The van der Waals surface area contributed by atoms with E-state index >= 15 is 0 Å². The van der Waals surface area contributed by atoms with Crippen molar-refractivity contribution in [3.05, 3.63) is 87.7 Å². The van der Waals surface area contributed by atoms with Gasteiger partial charge in [0.2, 0.25) is 0 Å². The van der Waals surface area contributed by atoms with Gasteiger partial charge in [0.15, 0.2) is 0 Å². The third kappa shape index (κ3) is 5.00. The van der Waals surface area contributed by atoms with Crippen LogP contribution >= 0.6 is 0 Å². The molecular formula is C23H21F3N2O4. The van der Waals surface area contributed by atoms with Gasteiger partial charge in [0, 0.05) is 30.3 Å². The number of aliphatic hydroxyl groups is 1. The number of nitrogens with zero attached hydrogens (tertiary/aromatic N) is 2. The van der Waals surface area contributed by atoms with E-state index < -0.39 is 22.8 Å². The van der Waals surface area contributed by atoms with Crippen molar-refractivity contribution in [3.8, 4) is 11.3 Å². The Hall–Kier alpha value is -3.17. The van der Waals surface area contributed by atoms with Gasteiger partial charge in [-0.25, -0.2) is 0 Å². The number of furan rings is 1. The lowest BCUT2D eigenvalue weighted by Crippen LogP contribution is -2.30. The fourth-order valence-corrected chi connectivity index (χ4v) is 3.71. The van der Waals surface area contributed by atoms with E-state index in [4.69, 9.17) is 4.42 Å². The smallest absolute Gasteiger partial charge is 0.417 e. The second-order valence-electron chi connectivity index (χ2n) is 7.84. The third-order valence-corrected chi connectivity index (χ3v) is 5.46. The maximum Gasteiger partial charge on any atom is 0.417 e. The lowest BCUT2D eigenvalue weighted by Gasteiger charge is -2.24. The van der Waals surface area contributed by atoms with Crippen molar-refractivity contribution < 1.29 is 27.6 Å². The van der Waals surface area contributed by atoms with Crippen LogP contribution in [0.2, 0.25) is 0 Å². The largest absolute Gasteiger partial charge is 0.460 e. The zero-order chi connectivity index (χ0) is 22.9. The molecule has 0 spiro atoms. The molecule has 0 saturated heterocycles. The van der Waals surface area contributed by atoms with E-state index in [0.717, 1.165) is 18.9 Å². The Balaban J connectivity index is 1.50. The zero-order valence-electron chi connectivity index (χ0n) is 17.0. The van der Waals surface area contributed by atoms with Gasteiger partial charge in [-0.3, -0.25) is 15.0 Å².